The minimum atomic E-state index is -0.270. The van der Waals surface area contributed by atoms with Crippen molar-refractivity contribution in [2.75, 3.05) is 12.4 Å². The van der Waals surface area contributed by atoms with Crippen molar-refractivity contribution in [1.29, 1.82) is 0 Å². The van der Waals surface area contributed by atoms with Gasteiger partial charge in [0.1, 0.15) is 11.4 Å². The van der Waals surface area contributed by atoms with Gasteiger partial charge in [0, 0.05) is 16.5 Å². The van der Waals surface area contributed by atoms with Crippen LogP contribution in [0, 0.1) is 6.92 Å². The number of rotatable bonds is 5. The normalized spacial score (nSPS) is 10.6. The summed E-state index contributed by atoms with van der Waals surface area (Å²) in [6, 6.07) is 16.9. The van der Waals surface area contributed by atoms with Gasteiger partial charge in [0.25, 0.3) is 5.91 Å². The molecule has 0 spiro atoms. The maximum absolute atomic E-state index is 12.8. The van der Waals surface area contributed by atoms with E-state index >= 15 is 0 Å². The molecule has 7 heteroatoms. The molecule has 2 N–H and O–H groups in total. The second-order valence-electron chi connectivity index (χ2n) is 6.12. The molecule has 0 aliphatic rings. The number of benzene rings is 2. The van der Waals surface area contributed by atoms with E-state index in [0.717, 1.165) is 21.8 Å². The summed E-state index contributed by atoms with van der Waals surface area (Å²) >= 11 is 1.58. The van der Waals surface area contributed by atoms with Crippen LogP contribution in [0.5, 0.6) is 5.75 Å². The smallest absolute Gasteiger partial charge is 0.273 e. The average molecular weight is 390 g/mol. The van der Waals surface area contributed by atoms with Gasteiger partial charge in [-0.05, 0) is 31.2 Å². The van der Waals surface area contributed by atoms with Gasteiger partial charge in [0.05, 0.1) is 29.2 Å². The average Bonchev–Trinajstić information content (AvgIpc) is 3.38. The number of amides is 1. The molecule has 28 heavy (non-hydrogen) atoms. The summed E-state index contributed by atoms with van der Waals surface area (Å²) in [5, 5.41) is 13.0. The zero-order valence-electron chi connectivity index (χ0n) is 15.4. The number of hydrogen-bond donors (Lipinski definition) is 2. The second kappa shape index (κ2) is 7.66. The number of nitrogens with one attached hydrogen (secondary N) is 2. The molecule has 0 aliphatic heterocycles. The van der Waals surface area contributed by atoms with E-state index in [1.807, 2.05) is 60.8 Å². The molecule has 140 valence electrons. The van der Waals surface area contributed by atoms with E-state index in [1.165, 1.54) is 0 Å². The van der Waals surface area contributed by atoms with E-state index in [0.29, 0.717) is 22.8 Å². The topological polar surface area (TPSA) is 79.9 Å². The maximum Gasteiger partial charge on any atom is 0.273 e. The van der Waals surface area contributed by atoms with Gasteiger partial charge in [-0.3, -0.25) is 9.89 Å². The van der Waals surface area contributed by atoms with Gasteiger partial charge in [0.2, 0.25) is 0 Å². The molecule has 4 aromatic rings. The Hall–Kier alpha value is -3.45. The Labute approximate surface area is 166 Å². The Balaban J connectivity index is 1.60. The SMILES string of the molecule is COc1ccccc1-c1cc(C(=O)Nc2ccccc2-c2csc(C)n2)[nH]n1. The molecule has 0 atom stereocenters. The first-order chi connectivity index (χ1) is 13.7. The van der Waals surface area contributed by atoms with Crippen LogP contribution in [0.15, 0.2) is 60.0 Å². The van der Waals surface area contributed by atoms with Crippen molar-refractivity contribution < 1.29 is 9.53 Å². The van der Waals surface area contributed by atoms with Crippen LogP contribution in [0.25, 0.3) is 22.5 Å². The van der Waals surface area contributed by atoms with Crippen LogP contribution in [0.4, 0.5) is 5.69 Å². The zero-order chi connectivity index (χ0) is 19.5. The molecule has 0 fully saturated rings. The summed E-state index contributed by atoms with van der Waals surface area (Å²) in [5.74, 6) is 0.429. The minimum absolute atomic E-state index is 0.270. The second-order valence-corrected chi connectivity index (χ2v) is 7.18. The van der Waals surface area contributed by atoms with E-state index in [9.17, 15) is 4.79 Å². The third-order valence-corrected chi connectivity index (χ3v) is 5.05. The molecule has 0 saturated carbocycles. The Kier molecular flexibility index (Phi) is 4.90. The number of anilines is 1. The van der Waals surface area contributed by atoms with Crippen LogP contribution < -0.4 is 10.1 Å². The molecule has 0 unspecified atom stereocenters. The third kappa shape index (κ3) is 3.52. The number of aromatic amines is 1. The number of aromatic nitrogens is 3. The number of H-pyrrole nitrogens is 1. The molecule has 1 amide bonds. The van der Waals surface area contributed by atoms with Crippen LogP contribution in [-0.2, 0) is 0 Å². The number of methoxy groups -OCH3 is 1. The predicted octanol–water partition coefficient (Wildman–Crippen LogP) is 4.77. The number of ether oxygens (including phenoxy) is 1. The third-order valence-electron chi connectivity index (χ3n) is 4.28. The monoisotopic (exact) mass is 390 g/mol. The lowest BCUT2D eigenvalue weighted by Gasteiger charge is -2.08. The fourth-order valence-corrected chi connectivity index (χ4v) is 3.54. The van der Waals surface area contributed by atoms with E-state index in [1.54, 1.807) is 24.5 Å². The first-order valence-electron chi connectivity index (χ1n) is 8.67. The van der Waals surface area contributed by atoms with Crippen molar-refractivity contribution in [1.82, 2.24) is 15.2 Å². The van der Waals surface area contributed by atoms with Gasteiger partial charge in [-0.1, -0.05) is 30.3 Å². The highest BCUT2D eigenvalue weighted by Crippen LogP contribution is 2.30. The van der Waals surface area contributed by atoms with Crippen LogP contribution in [0.1, 0.15) is 15.5 Å². The Morgan fingerprint density at radius 2 is 1.82 bits per heavy atom. The van der Waals surface area contributed by atoms with Gasteiger partial charge in [-0.15, -0.1) is 11.3 Å². The summed E-state index contributed by atoms with van der Waals surface area (Å²) in [4.78, 5) is 17.3. The number of aryl methyl sites for hydroxylation is 1. The fraction of sp³-hybridized carbons (Fsp3) is 0.0952. The molecule has 6 nitrogen and oxygen atoms in total. The first kappa shape index (κ1) is 17.9. The molecule has 2 heterocycles. The van der Waals surface area contributed by atoms with Gasteiger partial charge in [-0.25, -0.2) is 4.98 Å². The minimum Gasteiger partial charge on any atom is -0.496 e. The molecule has 2 aromatic heterocycles. The Bertz CT molecular complexity index is 1130. The van der Waals surface area contributed by atoms with Crippen LogP contribution in [0.3, 0.4) is 0 Å². The standard InChI is InChI=1S/C21H18N4O2S/c1-13-22-19(12-28-13)14-7-3-5-9-16(14)23-21(26)18-11-17(24-25-18)15-8-4-6-10-20(15)27-2/h3-12H,1-2H3,(H,23,26)(H,24,25). The number of hydrogen-bond acceptors (Lipinski definition) is 5. The molecule has 4 rings (SSSR count). The van der Waals surface area contributed by atoms with Crippen molar-refractivity contribution in [3.05, 3.63) is 70.7 Å². The molecule has 0 bridgehead atoms. The Morgan fingerprint density at radius 3 is 2.57 bits per heavy atom. The van der Waals surface area contributed by atoms with Crippen molar-refractivity contribution in [3.8, 4) is 28.3 Å². The molecule has 0 aliphatic carbocycles. The fourth-order valence-electron chi connectivity index (χ4n) is 2.92. The van der Waals surface area contributed by atoms with Crippen molar-refractivity contribution in [2.45, 2.75) is 6.92 Å². The molecule has 0 radical (unpaired) electrons. The zero-order valence-corrected chi connectivity index (χ0v) is 16.2. The predicted molar refractivity (Wildman–Crippen MR) is 111 cm³/mol. The number of thiazole rings is 1. The summed E-state index contributed by atoms with van der Waals surface area (Å²) < 4.78 is 5.37. The van der Waals surface area contributed by atoms with Crippen molar-refractivity contribution in [2.24, 2.45) is 0 Å². The number of carbonyl (C=O) groups is 1. The van der Waals surface area contributed by atoms with Crippen LogP contribution >= 0.6 is 11.3 Å². The maximum atomic E-state index is 12.8. The summed E-state index contributed by atoms with van der Waals surface area (Å²) in [5.41, 5.74) is 4.25. The van der Waals surface area contributed by atoms with E-state index in [2.05, 4.69) is 20.5 Å². The summed E-state index contributed by atoms with van der Waals surface area (Å²) in [7, 11) is 1.61. The van der Waals surface area contributed by atoms with Crippen LogP contribution in [-0.4, -0.2) is 28.2 Å². The summed E-state index contributed by atoms with van der Waals surface area (Å²) in [6.45, 7) is 1.96. The van der Waals surface area contributed by atoms with E-state index in [4.69, 9.17) is 4.74 Å². The van der Waals surface area contributed by atoms with Gasteiger partial charge in [-0.2, -0.15) is 5.10 Å². The molecular formula is C21H18N4O2S. The molecular weight excluding hydrogens is 372 g/mol. The van der Waals surface area contributed by atoms with Gasteiger partial charge in [0.15, 0.2) is 0 Å². The van der Waals surface area contributed by atoms with Crippen molar-refractivity contribution >= 4 is 22.9 Å². The summed E-state index contributed by atoms with van der Waals surface area (Å²) in [6.07, 6.45) is 0. The molecule has 0 saturated heterocycles. The Morgan fingerprint density at radius 1 is 1.07 bits per heavy atom. The lowest BCUT2D eigenvalue weighted by Crippen LogP contribution is -2.13. The van der Waals surface area contributed by atoms with Crippen molar-refractivity contribution in [3.63, 3.8) is 0 Å². The lowest BCUT2D eigenvalue weighted by molar-refractivity contribution is 0.102. The number of para-hydroxylation sites is 2. The lowest BCUT2D eigenvalue weighted by atomic mass is 10.1. The van der Waals surface area contributed by atoms with Gasteiger partial charge < -0.3 is 10.1 Å². The quantitative estimate of drug-likeness (QED) is 0.514. The van der Waals surface area contributed by atoms with E-state index < -0.39 is 0 Å². The highest BCUT2D eigenvalue weighted by molar-refractivity contribution is 7.09. The highest BCUT2D eigenvalue weighted by atomic mass is 32.1. The first-order valence-corrected chi connectivity index (χ1v) is 9.55. The van der Waals surface area contributed by atoms with Crippen LogP contribution in [0.2, 0.25) is 0 Å². The molecule has 2 aromatic carbocycles. The number of carbonyl (C=O) groups excluding carboxylic acids is 1. The van der Waals surface area contributed by atoms with E-state index in [-0.39, 0.29) is 5.91 Å². The largest absolute Gasteiger partial charge is 0.496 e. The number of nitrogens with zero attached hydrogens (tertiary/aromatic N) is 2. The van der Waals surface area contributed by atoms with Gasteiger partial charge >= 0.3 is 0 Å². The highest BCUT2D eigenvalue weighted by Gasteiger charge is 2.16.